The van der Waals surface area contributed by atoms with Gasteiger partial charge in [-0.15, -0.1) is 0 Å². The fraction of sp³-hybridized carbons (Fsp3) is 0.185. The molecular weight excluding hydrogens is 519 g/mol. The summed E-state index contributed by atoms with van der Waals surface area (Å²) in [6.45, 7) is 0. The first-order valence-corrected chi connectivity index (χ1v) is 13.7. The third kappa shape index (κ3) is 4.60. The number of amides is 1. The second kappa shape index (κ2) is 9.32. The minimum absolute atomic E-state index is 0.0927. The minimum atomic E-state index is -3.86. The summed E-state index contributed by atoms with van der Waals surface area (Å²) in [5.74, 6) is -0.473. The van der Waals surface area contributed by atoms with Crippen LogP contribution in [0.3, 0.4) is 0 Å². The summed E-state index contributed by atoms with van der Waals surface area (Å²) in [4.78, 5) is 24.2. The monoisotopic (exact) mass is 540 g/mol. The zero-order valence-electron chi connectivity index (χ0n) is 19.9. The highest BCUT2D eigenvalue weighted by Gasteiger charge is 2.34. The van der Waals surface area contributed by atoms with Crippen LogP contribution in [0.5, 0.6) is 0 Å². The number of fused-ring (bicyclic) bond motifs is 1. The Labute approximate surface area is 217 Å². The second-order valence-electron chi connectivity index (χ2n) is 8.92. The number of carbonyl (C=O) groups is 2. The SMILES string of the molecule is CNC(=O)c1c(-c2ccc(F)cc2)oc2cc(N(c3ccc(C=O)c(Cl)c3)S(C)(=O)=O)c(C3CC3)cc12. The van der Waals surface area contributed by atoms with Gasteiger partial charge >= 0.3 is 0 Å². The molecule has 0 aliphatic heterocycles. The van der Waals surface area contributed by atoms with Crippen LogP contribution < -0.4 is 9.62 Å². The maximum absolute atomic E-state index is 13.6. The summed E-state index contributed by atoms with van der Waals surface area (Å²) >= 11 is 6.23. The molecule has 0 unspecified atom stereocenters. The zero-order valence-corrected chi connectivity index (χ0v) is 21.5. The largest absolute Gasteiger partial charge is 0.455 e. The van der Waals surface area contributed by atoms with Gasteiger partial charge in [-0.3, -0.25) is 9.59 Å². The van der Waals surface area contributed by atoms with Gasteiger partial charge in [-0.25, -0.2) is 17.1 Å². The van der Waals surface area contributed by atoms with Crippen LogP contribution in [0, 0.1) is 5.82 Å². The van der Waals surface area contributed by atoms with Crippen molar-refractivity contribution in [3.8, 4) is 11.3 Å². The Morgan fingerprint density at radius 2 is 1.84 bits per heavy atom. The molecule has 3 aromatic carbocycles. The van der Waals surface area contributed by atoms with E-state index in [1.807, 2.05) is 0 Å². The van der Waals surface area contributed by atoms with E-state index in [0.717, 1.165) is 24.7 Å². The number of halogens is 2. The van der Waals surface area contributed by atoms with Crippen LogP contribution in [-0.4, -0.2) is 33.9 Å². The molecule has 5 rings (SSSR count). The fourth-order valence-corrected chi connectivity index (χ4v) is 5.68. The Bertz CT molecular complexity index is 1660. The molecule has 1 aromatic heterocycles. The van der Waals surface area contributed by atoms with E-state index in [-0.39, 0.29) is 39.4 Å². The van der Waals surface area contributed by atoms with Crippen LogP contribution in [0.2, 0.25) is 5.02 Å². The summed E-state index contributed by atoms with van der Waals surface area (Å²) in [6.07, 6.45) is 3.40. The van der Waals surface area contributed by atoms with Gasteiger partial charge in [0.1, 0.15) is 17.2 Å². The van der Waals surface area contributed by atoms with Gasteiger partial charge in [-0.1, -0.05) is 11.6 Å². The summed E-state index contributed by atoms with van der Waals surface area (Å²) in [7, 11) is -2.36. The van der Waals surface area contributed by atoms with Crippen molar-refractivity contribution in [3.05, 3.63) is 82.1 Å². The summed E-state index contributed by atoms with van der Waals surface area (Å²) in [5.41, 5.74) is 2.68. The molecule has 1 saturated carbocycles. The van der Waals surface area contributed by atoms with Gasteiger partial charge in [0.25, 0.3) is 5.91 Å². The lowest BCUT2D eigenvalue weighted by molar-refractivity contribution is 0.0964. The van der Waals surface area contributed by atoms with Crippen LogP contribution in [0.25, 0.3) is 22.3 Å². The van der Waals surface area contributed by atoms with Crippen molar-refractivity contribution in [1.29, 1.82) is 0 Å². The predicted molar refractivity (Wildman–Crippen MR) is 141 cm³/mol. The highest BCUT2D eigenvalue weighted by molar-refractivity contribution is 7.92. The number of anilines is 2. The average molecular weight is 541 g/mol. The van der Waals surface area contributed by atoms with E-state index in [4.69, 9.17) is 16.0 Å². The van der Waals surface area contributed by atoms with Crippen molar-refractivity contribution in [3.63, 3.8) is 0 Å². The second-order valence-corrected chi connectivity index (χ2v) is 11.2. The molecule has 190 valence electrons. The maximum atomic E-state index is 13.6. The van der Waals surface area contributed by atoms with E-state index in [1.165, 1.54) is 53.8 Å². The number of aldehydes is 1. The van der Waals surface area contributed by atoms with E-state index in [1.54, 1.807) is 12.1 Å². The van der Waals surface area contributed by atoms with Crippen LogP contribution in [0.1, 0.15) is 45.0 Å². The zero-order chi connectivity index (χ0) is 26.5. The minimum Gasteiger partial charge on any atom is -0.455 e. The van der Waals surface area contributed by atoms with E-state index in [2.05, 4.69) is 5.32 Å². The lowest BCUT2D eigenvalue weighted by atomic mass is 10.00. The molecule has 4 aromatic rings. The van der Waals surface area contributed by atoms with Crippen molar-refractivity contribution >= 4 is 56.2 Å². The van der Waals surface area contributed by atoms with Gasteiger partial charge in [-0.05, 0) is 72.9 Å². The van der Waals surface area contributed by atoms with Crippen molar-refractivity contribution in [2.24, 2.45) is 0 Å². The molecule has 1 aliphatic carbocycles. The van der Waals surface area contributed by atoms with Crippen LogP contribution >= 0.6 is 11.6 Å². The molecule has 1 fully saturated rings. The highest BCUT2D eigenvalue weighted by atomic mass is 35.5. The fourth-order valence-electron chi connectivity index (χ4n) is 4.45. The molecule has 7 nitrogen and oxygen atoms in total. The predicted octanol–water partition coefficient (Wildman–Crippen LogP) is 6.04. The number of hydrogen-bond donors (Lipinski definition) is 1. The molecule has 37 heavy (non-hydrogen) atoms. The third-order valence-electron chi connectivity index (χ3n) is 6.31. The Morgan fingerprint density at radius 3 is 2.41 bits per heavy atom. The number of carbonyl (C=O) groups excluding carboxylic acids is 2. The Morgan fingerprint density at radius 1 is 1.14 bits per heavy atom. The topological polar surface area (TPSA) is 96.7 Å². The number of nitrogens with one attached hydrogen (secondary N) is 1. The highest BCUT2D eigenvalue weighted by Crippen LogP contribution is 2.49. The summed E-state index contributed by atoms with van der Waals surface area (Å²) in [5, 5.41) is 3.27. The third-order valence-corrected chi connectivity index (χ3v) is 7.71. The number of nitrogens with zero attached hydrogens (tertiary/aromatic N) is 1. The van der Waals surface area contributed by atoms with Gasteiger partial charge in [0.05, 0.1) is 28.2 Å². The normalized spacial score (nSPS) is 13.5. The Hall–Kier alpha value is -3.69. The van der Waals surface area contributed by atoms with Gasteiger partial charge < -0.3 is 9.73 Å². The summed E-state index contributed by atoms with van der Waals surface area (Å²) < 4.78 is 47.0. The molecule has 0 saturated heterocycles. The van der Waals surface area contributed by atoms with E-state index in [0.29, 0.717) is 28.5 Å². The van der Waals surface area contributed by atoms with Crippen molar-refractivity contribution in [1.82, 2.24) is 5.32 Å². The lowest BCUT2D eigenvalue weighted by Gasteiger charge is -2.25. The molecule has 0 bridgehead atoms. The number of rotatable bonds is 7. The van der Waals surface area contributed by atoms with Gasteiger partial charge in [-0.2, -0.15) is 0 Å². The lowest BCUT2D eigenvalue weighted by Crippen LogP contribution is -2.25. The number of sulfonamides is 1. The molecular formula is C27H22ClFN2O5S. The molecule has 1 aliphatic rings. The average Bonchev–Trinajstić information content (AvgIpc) is 3.63. The standard InChI is InChI=1S/C27H22ClFN2O5S/c1-30-27(33)25-21-12-20(15-3-4-15)23(13-24(21)36-26(25)16-5-8-18(29)9-6-16)31(37(2,34)35)19-10-7-17(14-32)22(28)11-19/h5-15H,3-4H2,1-2H3,(H,30,33). The van der Waals surface area contributed by atoms with Crippen molar-refractivity contribution < 1.29 is 26.8 Å². The smallest absolute Gasteiger partial charge is 0.255 e. The molecule has 1 N–H and O–H groups in total. The number of furan rings is 1. The van der Waals surface area contributed by atoms with Crippen LogP contribution in [0.15, 0.2) is 59.0 Å². The molecule has 1 heterocycles. The first-order chi connectivity index (χ1) is 17.6. The van der Waals surface area contributed by atoms with Gasteiger partial charge in [0, 0.05) is 29.6 Å². The molecule has 0 atom stereocenters. The van der Waals surface area contributed by atoms with Gasteiger partial charge in [0.2, 0.25) is 10.0 Å². The van der Waals surface area contributed by atoms with Crippen LogP contribution in [0.4, 0.5) is 15.8 Å². The molecule has 0 spiro atoms. The Balaban J connectivity index is 1.79. The molecule has 1 amide bonds. The van der Waals surface area contributed by atoms with E-state index < -0.39 is 15.8 Å². The van der Waals surface area contributed by atoms with Crippen LogP contribution in [-0.2, 0) is 10.0 Å². The Kier molecular flexibility index (Phi) is 6.29. The van der Waals surface area contributed by atoms with Crippen molar-refractivity contribution in [2.75, 3.05) is 17.6 Å². The molecule has 10 heteroatoms. The quantitative estimate of drug-likeness (QED) is 0.288. The summed E-state index contributed by atoms with van der Waals surface area (Å²) in [6, 6.07) is 13.4. The van der Waals surface area contributed by atoms with Crippen molar-refractivity contribution in [2.45, 2.75) is 18.8 Å². The molecule has 0 radical (unpaired) electrons. The van der Waals surface area contributed by atoms with E-state index >= 15 is 0 Å². The first-order valence-electron chi connectivity index (χ1n) is 11.5. The van der Waals surface area contributed by atoms with E-state index in [9.17, 15) is 22.4 Å². The maximum Gasteiger partial charge on any atom is 0.255 e. The van der Waals surface area contributed by atoms with Gasteiger partial charge in [0.15, 0.2) is 6.29 Å². The number of hydrogen-bond acceptors (Lipinski definition) is 5. The number of benzene rings is 3. The first kappa shape index (κ1) is 25.0.